The van der Waals surface area contributed by atoms with E-state index >= 15 is 0 Å². The molecule has 0 aromatic heterocycles. The fraction of sp³-hybridized carbons (Fsp3) is 0.278. The second kappa shape index (κ2) is 6.34. The van der Waals surface area contributed by atoms with Crippen LogP contribution in [-0.4, -0.2) is 12.1 Å². The quantitative estimate of drug-likeness (QED) is 0.854. The highest BCUT2D eigenvalue weighted by atomic mass is 79.9. The number of para-hydroxylation sites is 1. The third kappa shape index (κ3) is 3.57. The molecule has 1 fully saturated rings. The molecule has 0 aliphatic carbocycles. The van der Waals surface area contributed by atoms with Gasteiger partial charge in [0.2, 0.25) is 0 Å². The van der Waals surface area contributed by atoms with Gasteiger partial charge in [-0.15, -0.1) is 0 Å². The Hall–Kier alpha value is -1.85. The smallest absolute Gasteiger partial charge is 0.256 e. The second-order valence-corrected chi connectivity index (χ2v) is 7.19. The molecule has 1 saturated heterocycles. The number of halogens is 1. The van der Waals surface area contributed by atoms with Crippen molar-refractivity contribution >= 4 is 33.2 Å². The van der Waals surface area contributed by atoms with E-state index in [-0.39, 0.29) is 12.1 Å². The van der Waals surface area contributed by atoms with Crippen LogP contribution in [0, 0.1) is 5.41 Å². The van der Waals surface area contributed by atoms with Gasteiger partial charge in [-0.3, -0.25) is 4.79 Å². The molecule has 0 spiro atoms. The van der Waals surface area contributed by atoms with Crippen LogP contribution < -0.4 is 10.4 Å². The molecule has 0 radical (unpaired) electrons. The van der Waals surface area contributed by atoms with Gasteiger partial charge in [0, 0.05) is 16.6 Å². The number of hydrogen-bond donors (Lipinski definition) is 1. The van der Waals surface area contributed by atoms with E-state index in [1.54, 1.807) is 0 Å². The van der Waals surface area contributed by atoms with E-state index in [0.717, 1.165) is 15.8 Å². The molecule has 4 nitrogen and oxygen atoms in total. The average molecular weight is 375 g/mol. The van der Waals surface area contributed by atoms with Crippen molar-refractivity contribution in [3.8, 4) is 0 Å². The number of benzene rings is 2. The van der Waals surface area contributed by atoms with E-state index in [9.17, 15) is 4.79 Å². The van der Waals surface area contributed by atoms with E-state index < -0.39 is 5.41 Å². The van der Waals surface area contributed by atoms with Crippen molar-refractivity contribution < 1.29 is 9.63 Å². The molecule has 1 heterocycles. The number of rotatable bonds is 3. The van der Waals surface area contributed by atoms with Crippen LogP contribution >= 0.6 is 15.9 Å². The molecule has 2 aromatic carbocycles. The van der Waals surface area contributed by atoms with Gasteiger partial charge in [-0.1, -0.05) is 54.0 Å². The molecule has 3 rings (SSSR count). The van der Waals surface area contributed by atoms with Crippen LogP contribution in [0.5, 0.6) is 0 Å². The van der Waals surface area contributed by atoms with Crippen molar-refractivity contribution in [2.45, 2.75) is 26.5 Å². The third-order valence-electron chi connectivity index (χ3n) is 3.83. The maximum atomic E-state index is 12.7. The van der Waals surface area contributed by atoms with Crippen LogP contribution in [0.2, 0.25) is 0 Å². The van der Waals surface area contributed by atoms with Crippen molar-refractivity contribution in [1.29, 1.82) is 0 Å². The molecular formula is C18H19BrN2O2. The Balaban J connectivity index is 1.84. The summed E-state index contributed by atoms with van der Waals surface area (Å²) in [4.78, 5) is 18.6. The molecule has 1 amide bonds. The van der Waals surface area contributed by atoms with Gasteiger partial charge in [0.15, 0.2) is 6.23 Å². The standard InChI is InChI=1S/C18H19BrN2O2/c1-18(2)12-16(20-14-8-6-7-13(19)11-14)23-21(17(18)22)15-9-4-3-5-10-15/h3-11,16,20H,12H2,1-2H3. The summed E-state index contributed by atoms with van der Waals surface area (Å²) in [5, 5.41) is 4.75. The summed E-state index contributed by atoms with van der Waals surface area (Å²) >= 11 is 3.46. The summed E-state index contributed by atoms with van der Waals surface area (Å²) in [5.74, 6) is -0.0315. The molecule has 23 heavy (non-hydrogen) atoms. The van der Waals surface area contributed by atoms with Gasteiger partial charge in [0.25, 0.3) is 5.91 Å². The summed E-state index contributed by atoms with van der Waals surface area (Å²) in [7, 11) is 0. The predicted molar refractivity (Wildman–Crippen MR) is 95.0 cm³/mol. The van der Waals surface area contributed by atoms with Gasteiger partial charge in [0.05, 0.1) is 11.1 Å². The SMILES string of the molecule is CC1(C)CC(Nc2cccc(Br)c2)ON(c2ccccc2)C1=O. The summed E-state index contributed by atoms with van der Waals surface area (Å²) in [6.07, 6.45) is 0.319. The summed E-state index contributed by atoms with van der Waals surface area (Å²) in [6, 6.07) is 17.3. The van der Waals surface area contributed by atoms with Gasteiger partial charge in [-0.25, -0.2) is 4.84 Å². The summed E-state index contributed by atoms with van der Waals surface area (Å²) < 4.78 is 0.994. The summed E-state index contributed by atoms with van der Waals surface area (Å²) in [6.45, 7) is 3.90. The van der Waals surface area contributed by atoms with Crippen LogP contribution in [-0.2, 0) is 9.63 Å². The minimum Gasteiger partial charge on any atom is -0.358 e. The lowest BCUT2D eigenvalue weighted by Crippen LogP contribution is -2.52. The number of amides is 1. The normalized spacial score (nSPS) is 20.4. The molecule has 1 atom stereocenters. The minimum absolute atomic E-state index is 0.0315. The molecule has 0 saturated carbocycles. The van der Waals surface area contributed by atoms with Crippen molar-refractivity contribution in [1.82, 2.24) is 0 Å². The van der Waals surface area contributed by atoms with Gasteiger partial charge >= 0.3 is 0 Å². The van der Waals surface area contributed by atoms with E-state index in [2.05, 4.69) is 21.2 Å². The highest BCUT2D eigenvalue weighted by Gasteiger charge is 2.42. The highest BCUT2D eigenvalue weighted by Crippen LogP contribution is 2.35. The number of carbonyl (C=O) groups is 1. The van der Waals surface area contributed by atoms with Crippen molar-refractivity contribution in [2.24, 2.45) is 5.41 Å². The molecule has 1 N–H and O–H groups in total. The van der Waals surface area contributed by atoms with E-state index in [1.807, 2.05) is 68.4 Å². The largest absolute Gasteiger partial charge is 0.358 e. The zero-order valence-corrected chi connectivity index (χ0v) is 14.7. The number of carbonyl (C=O) groups excluding carboxylic acids is 1. The molecule has 0 bridgehead atoms. The molecule has 2 aromatic rings. The Bertz CT molecular complexity index is 703. The fourth-order valence-electron chi connectivity index (χ4n) is 2.62. The Kier molecular flexibility index (Phi) is 4.41. The molecule has 1 aliphatic rings. The first-order valence-corrected chi connectivity index (χ1v) is 8.33. The lowest BCUT2D eigenvalue weighted by Gasteiger charge is -2.41. The van der Waals surface area contributed by atoms with Crippen LogP contribution in [0.15, 0.2) is 59.1 Å². The molecule has 5 heteroatoms. The lowest BCUT2D eigenvalue weighted by molar-refractivity contribution is -0.147. The Labute approximate surface area is 144 Å². The number of anilines is 2. The van der Waals surface area contributed by atoms with Crippen molar-refractivity contribution in [2.75, 3.05) is 10.4 Å². The van der Waals surface area contributed by atoms with Gasteiger partial charge in [-0.2, -0.15) is 5.06 Å². The highest BCUT2D eigenvalue weighted by molar-refractivity contribution is 9.10. The monoisotopic (exact) mass is 374 g/mol. The average Bonchev–Trinajstić information content (AvgIpc) is 2.51. The van der Waals surface area contributed by atoms with Crippen molar-refractivity contribution in [3.63, 3.8) is 0 Å². The van der Waals surface area contributed by atoms with E-state index in [1.165, 1.54) is 5.06 Å². The topological polar surface area (TPSA) is 41.6 Å². The molecule has 1 unspecified atom stereocenters. The Morgan fingerprint density at radius 1 is 1.17 bits per heavy atom. The zero-order chi connectivity index (χ0) is 16.4. The number of nitrogens with zero attached hydrogens (tertiary/aromatic N) is 1. The minimum atomic E-state index is -0.502. The van der Waals surface area contributed by atoms with Gasteiger partial charge in [-0.05, 0) is 30.3 Å². The molecular weight excluding hydrogens is 356 g/mol. The predicted octanol–water partition coefficient (Wildman–Crippen LogP) is 4.58. The number of hydrogen-bond acceptors (Lipinski definition) is 3. The fourth-order valence-corrected chi connectivity index (χ4v) is 3.02. The number of nitrogens with one attached hydrogen (secondary N) is 1. The Morgan fingerprint density at radius 2 is 1.91 bits per heavy atom. The molecule has 1 aliphatic heterocycles. The van der Waals surface area contributed by atoms with Crippen LogP contribution in [0.4, 0.5) is 11.4 Å². The van der Waals surface area contributed by atoms with E-state index in [0.29, 0.717) is 6.42 Å². The molecule has 120 valence electrons. The van der Waals surface area contributed by atoms with Crippen LogP contribution in [0.3, 0.4) is 0 Å². The maximum Gasteiger partial charge on any atom is 0.256 e. The lowest BCUT2D eigenvalue weighted by atomic mass is 9.86. The van der Waals surface area contributed by atoms with Crippen molar-refractivity contribution in [3.05, 3.63) is 59.1 Å². The van der Waals surface area contributed by atoms with Gasteiger partial charge in [0.1, 0.15) is 0 Å². The van der Waals surface area contributed by atoms with Crippen LogP contribution in [0.25, 0.3) is 0 Å². The maximum absolute atomic E-state index is 12.7. The number of hydroxylamine groups is 1. The first-order chi connectivity index (χ1) is 11.0. The van der Waals surface area contributed by atoms with E-state index in [4.69, 9.17) is 4.84 Å². The third-order valence-corrected chi connectivity index (χ3v) is 4.33. The summed E-state index contributed by atoms with van der Waals surface area (Å²) in [5.41, 5.74) is 1.19. The zero-order valence-electron chi connectivity index (χ0n) is 13.1. The second-order valence-electron chi connectivity index (χ2n) is 6.27. The van der Waals surface area contributed by atoms with Gasteiger partial charge < -0.3 is 5.32 Å². The van der Waals surface area contributed by atoms with Crippen LogP contribution in [0.1, 0.15) is 20.3 Å². The first-order valence-electron chi connectivity index (χ1n) is 7.54. The first kappa shape index (κ1) is 16.0. The Morgan fingerprint density at radius 3 is 2.61 bits per heavy atom.